The maximum Gasteiger partial charge on any atom is 0.290 e. The van der Waals surface area contributed by atoms with Crippen LogP contribution in [0.3, 0.4) is 0 Å². The van der Waals surface area contributed by atoms with E-state index in [0.717, 1.165) is 4.74 Å². The summed E-state index contributed by atoms with van der Waals surface area (Å²) in [6.45, 7) is 0. The number of benzene rings is 1. The fraction of sp³-hybridized carbons (Fsp3) is 0.333. The van der Waals surface area contributed by atoms with Crippen molar-refractivity contribution in [3.05, 3.63) is 34.6 Å². The summed E-state index contributed by atoms with van der Waals surface area (Å²) >= 11 is 0. The van der Waals surface area contributed by atoms with Gasteiger partial charge in [-0.15, -0.1) is 0 Å². The van der Waals surface area contributed by atoms with E-state index in [0.29, 0.717) is 17.4 Å². The fourth-order valence-electron chi connectivity index (χ4n) is 2.22. The summed E-state index contributed by atoms with van der Waals surface area (Å²) in [5.74, 6) is -0.220. The van der Waals surface area contributed by atoms with Gasteiger partial charge in [-0.2, -0.15) is 4.74 Å². The minimum absolute atomic E-state index is 0.220. The third kappa shape index (κ3) is 1.62. The predicted octanol–water partition coefficient (Wildman–Crippen LogP) is 0.364. The zero-order valence-corrected chi connectivity index (χ0v) is 9.50. The molecule has 1 aliphatic heterocycles. The minimum Gasteiger partial charge on any atom is -0.375 e. The third-order valence-corrected chi connectivity index (χ3v) is 3.16. The summed E-state index contributed by atoms with van der Waals surface area (Å²) in [5, 5.41) is 12.7. The number of piperidine rings is 1. The second-order valence-electron chi connectivity index (χ2n) is 4.34. The van der Waals surface area contributed by atoms with Crippen LogP contribution >= 0.6 is 0 Å². The van der Waals surface area contributed by atoms with E-state index in [1.165, 1.54) is 0 Å². The van der Waals surface area contributed by atoms with E-state index in [2.05, 4.69) is 5.32 Å². The normalized spacial score (nSPS) is 24.2. The number of fused-ring (bicyclic) bond motifs is 1. The fourth-order valence-corrected chi connectivity index (χ4v) is 2.22. The number of aliphatic hydroxyl groups is 1. The van der Waals surface area contributed by atoms with Gasteiger partial charge in [0.1, 0.15) is 6.04 Å². The van der Waals surface area contributed by atoms with E-state index in [1.54, 1.807) is 24.3 Å². The molecule has 6 nitrogen and oxygen atoms in total. The number of nitrogens with zero attached hydrogens (tertiary/aromatic N) is 1. The van der Waals surface area contributed by atoms with Gasteiger partial charge in [0.15, 0.2) is 11.8 Å². The Balaban J connectivity index is 2.07. The molecule has 1 aromatic carbocycles. The number of hydrogen-bond donors (Lipinski definition) is 2. The molecule has 1 fully saturated rings. The lowest BCUT2D eigenvalue weighted by Gasteiger charge is -2.27. The molecule has 0 spiro atoms. The van der Waals surface area contributed by atoms with E-state index in [1.807, 2.05) is 0 Å². The molecule has 6 heteroatoms. The minimum atomic E-state index is -1.09. The number of aliphatic hydroxyl groups excluding tert-OH is 1. The van der Waals surface area contributed by atoms with Crippen molar-refractivity contribution in [2.75, 3.05) is 0 Å². The number of hydrogen-bond acceptors (Lipinski definition) is 4. The van der Waals surface area contributed by atoms with Crippen molar-refractivity contribution < 1.29 is 14.4 Å². The van der Waals surface area contributed by atoms with Crippen molar-refractivity contribution in [1.29, 1.82) is 0 Å². The molecule has 1 amide bonds. The Morgan fingerprint density at radius 3 is 2.83 bits per heavy atom. The van der Waals surface area contributed by atoms with Crippen LogP contribution in [0.2, 0.25) is 0 Å². The predicted molar refractivity (Wildman–Crippen MR) is 62.9 cm³/mol. The topological polar surface area (TPSA) is 84.5 Å². The standard InChI is InChI=1S/C12H12N2O4/c15-10-6-5-8(11(16)13-10)14-12(17)7-3-1-2-4-9(7)18-14/h1-4,8,11,16H,5-6H2,(H,13,15). The molecule has 18 heavy (non-hydrogen) atoms. The molecule has 2 unspecified atom stereocenters. The number of para-hydroxylation sites is 1. The van der Waals surface area contributed by atoms with E-state index in [4.69, 9.17) is 4.52 Å². The quantitative estimate of drug-likeness (QED) is 0.763. The average Bonchev–Trinajstić information content (AvgIpc) is 2.68. The second kappa shape index (κ2) is 3.99. The number of aromatic nitrogens is 1. The lowest BCUT2D eigenvalue weighted by atomic mass is 10.1. The molecule has 0 saturated carbocycles. The Morgan fingerprint density at radius 1 is 1.33 bits per heavy atom. The van der Waals surface area contributed by atoms with Gasteiger partial charge in [0.2, 0.25) is 5.91 Å². The Bertz CT molecular complexity index is 657. The first kappa shape index (κ1) is 11.0. The van der Waals surface area contributed by atoms with Crippen LogP contribution in [0, 0.1) is 0 Å². The Labute approximate surface area is 102 Å². The maximum absolute atomic E-state index is 12.1. The Morgan fingerprint density at radius 2 is 2.11 bits per heavy atom. The molecular formula is C12H12N2O4. The average molecular weight is 248 g/mol. The Kier molecular flexibility index (Phi) is 2.45. The lowest BCUT2D eigenvalue weighted by molar-refractivity contribution is -0.129. The summed E-state index contributed by atoms with van der Waals surface area (Å²) in [4.78, 5) is 23.2. The first-order valence-corrected chi connectivity index (χ1v) is 5.75. The van der Waals surface area contributed by atoms with E-state index in [-0.39, 0.29) is 17.9 Å². The maximum atomic E-state index is 12.1. The molecule has 0 radical (unpaired) electrons. The van der Waals surface area contributed by atoms with Gasteiger partial charge in [-0.05, 0) is 18.6 Å². The van der Waals surface area contributed by atoms with Crippen LogP contribution in [-0.2, 0) is 4.79 Å². The largest absolute Gasteiger partial charge is 0.375 e. The molecule has 0 aliphatic carbocycles. The van der Waals surface area contributed by atoms with Crippen LogP contribution in [0.5, 0.6) is 0 Å². The molecule has 2 heterocycles. The number of carbonyl (C=O) groups excluding carboxylic acids is 1. The number of nitrogens with one attached hydrogen (secondary N) is 1. The number of amides is 1. The molecule has 3 rings (SSSR count). The zero-order chi connectivity index (χ0) is 12.7. The molecule has 2 N–H and O–H groups in total. The van der Waals surface area contributed by atoms with Crippen molar-refractivity contribution in [2.24, 2.45) is 0 Å². The molecule has 1 aliphatic rings. The third-order valence-electron chi connectivity index (χ3n) is 3.16. The van der Waals surface area contributed by atoms with Crippen molar-refractivity contribution >= 4 is 16.9 Å². The van der Waals surface area contributed by atoms with Gasteiger partial charge in [0.05, 0.1) is 5.39 Å². The van der Waals surface area contributed by atoms with Gasteiger partial charge in [-0.3, -0.25) is 9.59 Å². The highest BCUT2D eigenvalue weighted by atomic mass is 16.5. The van der Waals surface area contributed by atoms with E-state index in [9.17, 15) is 14.7 Å². The molecule has 1 saturated heterocycles. The SMILES string of the molecule is O=C1CCC(n2oc3ccccc3c2=O)C(O)N1. The smallest absolute Gasteiger partial charge is 0.290 e. The first-order valence-electron chi connectivity index (χ1n) is 5.75. The van der Waals surface area contributed by atoms with Gasteiger partial charge >= 0.3 is 0 Å². The van der Waals surface area contributed by atoms with Gasteiger partial charge in [-0.25, -0.2) is 0 Å². The number of rotatable bonds is 1. The summed E-state index contributed by atoms with van der Waals surface area (Å²) in [6, 6.07) is 6.34. The van der Waals surface area contributed by atoms with Gasteiger partial charge < -0.3 is 14.9 Å². The van der Waals surface area contributed by atoms with Crippen LogP contribution in [0.15, 0.2) is 33.6 Å². The highest BCUT2D eigenvalue weighted by molar-refractivity contribution is 5.77. The van der Waals surface area contributed by atoms with Crippen molar-refractivity contribution in [3.63, 3.8) is 0 Å². The second-order valence-corrected chi connectivity index (χ2v) is 4.34. The summed E-state index contributed by atoms with van der Waals surface area (Å²) in [7, 11) is 0. The first-order chi connectivity index (χ1) is 8.66. The van der Waals surface area contributed by atoms with Crippen molar-refractivity contribution in [2.45, 2.75) is 25.1 Å². The highest BCUT2D eigenvalue weighted by Gasteiger charge is 2.31. The summed E-state index contributed by atoms with van der Waals surface area (Å²) in [5.41, 5.74) is 0.192. The van der Waals surface area contributed by atoms with Gasteiger partial charge in [0.25, 0.3) is 5.56 Å². The number of carbonyl (C=O) groups is 1. The molecular weight excluding hydrogens is 236 g/mol. The molecule has 1 aromatic heterocycles. The molecule has 0 bridgehead atoms. The lowest BCUT2D eigenvalue weighted by Crippen LogP contribution is -2.47. The van der Waals surface area contributed by atoms with Crippen LogP contribution in [-0.4, -0.2) is 22.0 Å². The van der Waals surface area contributed by atoms with Crippen molar-refractivity contribution in [1.82, 2.24) is 10.1 Å². The van der Waals surface area contributed by atoms with Crippen LogP contribution in [0.4, 0.5) is 0 Å². The Hall–Kier alpha value is -2.08. The molecule has 2 atom stereocenters. The van der Waals surface area contributed by atoms with Gasteiger partial charge in [-0.1, -0.05) is 12.1 Å². The van der Waals surface area contributed by atoms with E-state index >= 15 is 0 Å². The molecule has 2 aromatic rings. The van der Waals surface area contributed by atoms with Crippen LogP contribution in [0.25, 0.3) is 11.0 Å². The monoisotopic (exact) mass is 248 g/mol. The highest BCUT2D eigenvalue weighted by Crippen LogP contribution is 2.22. The van der Waals surface area contributed by atoms with Crippen LogP contribution in [0.1, 0.15) is 18.9 Å². The summed E-state index contributed by atoms with van der Waals surface area (Å²) < 4.78 is 6.58. The molecule has 94 valence electrons. The van der Waals surface area contributed by atoms with E-state index < -0.39 is 12.3 Å². The summed E-state index contributed by atoms with van der Waals surface area (Å²) in [6.07, 6.45) is -0.442. The van der Waals surface area contributed by atoms with Crippen molar-refractivity contribution in [3.8, 4) is 0 Å². The zero-order valence-electron chi connectivity index (χ0n) is 9.50. The van der Waals surface area contributed by atoms with Gasteiger partial charge in [0, 0.05) is 6.42 Å². The van der Waals surface area contributed by atoms with Crippen LogP contribution < -0.4 is 10.9 Å².